The minimum Gasteiger partial charge on any atom is -0.376 e. The van der Waals surface area contributed by atoms with Gasteiger partial charge in [0.1, 0.15) is 0 Å². The Labute approximate surface area is 114 Å². The quantitative estimate of drug-likeness (QED) is 0.877. The highest BCUT2D eigenvalue weighted by Crippen LogP contribution is 2.24. The van der Waals surface area contributed by atoms with E-state index in [0.717, 1.165) is 0 Å². The number of halogens is 2. The molecular formula is C11H15Cl2NO2S. The maximum absolute atomic E-state index is 12.1. The third-order valence-corrected chi connectivity index (χ3v) is 4.32. The summed E-state index contributed by atoms with van der Waals surface area (Å²) in [6.45, 7) is 2.75. The van der Waals surface area contributed by atoms with E-state index in [-0.39, 0.29) is 6.10 Å². The van der Waals surface area contributed by atoms with Crippen LogP contribution in [-0.4, -0.2) is 29.2 Å². The molecule has 0 saturated carbocycles. The Morgan fingerprint density at radius 3 is 2.76 bits per heavy atom. The lowest BCUT2D eigenvalue weighted by Crippen LogP contribution is -2.29. The van der Waals surface area contributed by atoms with Crippen LogP contribution in [0.4, 0.5) is 0 Å². The van der Waals surface area contributed by atoms with Gasteiger partial charge in [-0.05, 0) is 25.1 Å². The van der Waals surface area contributed by atoms with Crippen LogP contribution in [0.2, 0.25) is 10.0 Å². The van der Waals surface area contributed by atoms with E-state index in [1.807, 2.05) is 6.92 Å². The summed E-state index contributed by atoms with van der Waals surface area (Å²) < 4.78 is 17.5. The van der Waals surface area contributed by atoms with Crippen molar-refractivity contribution in [2.45, 2.75) is 17.9 Å². The number of hydrogen-bond acceptors (Lipinski definition) is 3. The average molecular weight is 296 g/mol. The van der Waals surface area contributed by atoms with Crippen molar-refractivity contribution in [3.63, 3.8) is 0 Å². The summed E-state index contributed by atoms with van der Waals surface area (Å²) in [7, 11) is -1.26. The molecule has 2 unspecified atom stereocenters. The highest BCUT2D eigenvalue weighted by Gasteiger charge is 2.15. The first kappa shape index (κ1) is 14.9. The minimum absolute atomic E-state index is 0.226. The van der Waals surface area contributed by atoms with E-state index in [1.54, 1.807) is 18.2 Å². The van der Waals surface area contributed by atoms with Crippen molar-refractivity contribution in [1.29, 1.82) is 0 Å². The smallest absolute Gasteiger partial charge is 0.0815 e. The lowest BCUT2D eigenvalue weighted by Gasteiger charge is -2.14. The summed E-state index contributed by atoms with van der Waals surface area (Å²) in [6.07, 6.45) is -0.226. The Morgan fingerprint density at radius 1 is 1.47 bits per heavy atom. The molecule has 6 heteroatoms. The molecular weight excluding hydrogens is 281 g/mol. The highest BCUT2D eigenvalue weighted by atomic mass is 35.5. The van der Waals surface area contributed by atoms with E-state index < -0.39 is 10.8 Å². The van der Waals surface area contributed by atoms with Gasteiger partial charge in [-0.25, -0.2) is 0 Å². The van der Waals surface area contributed by atoms with Crippen LogP contribution >= 0.6 is 23.2 Å². The van der Waals surface area contributed by atoms with Gasteiger partial charge in [0.25, 0.3) is 0 Å². The molecule has 17 heavy (non-hydrogen) atoms. The molecule has 0 aliphatic heterocycles. The molecule has 0 radical (unpaired) electrons. The number of rotatable bonds is 6. The van der Waals surface area contributed by atoms with E-state index in [1.165, 1.54) is 0 Å². The summed E-state index contributed by atoms with van der Waals surface area (Å²) in [5.41, 5.74) is 5.53. The van der Waals surface area contributed by atoms with Crippen LogP contribution in [0.15, 0.2) is 23.1 Å². The second kappa shape index (κ2) is 7.34. The van der Waals surface area contributed by atoms with Crippen molar-refractivity contribution in [1.82, 2.24) is 0 Å². The lowest BCUT2D eigenvalue weighted by molar-refractivity contribution is 0.0852. The van der Waals surface area contributed by atoms with Crippen LogP contribution in [0.3, 0.4) is 0 Å². The third kappa shape index (κ3) is 4.56. The summed E-state index contributed by atoms with van der Waals surface area (Å²) in [6, 6.07) is 4.91. The zero-order chi connectivity index (χ0) is 12.8. The zero-order valence-corrected chi connectivity index (χ0v) is 11.8. The van der Waals surface area contributed by atoms with Crippen LogP contribution < -0.4 is 5.73 Å². The van der Waals surface area contributed by atoms with E-state index >= 15 is 0 Å². The number of nitrogens with two attached hydrogens (primary N) is 1. The summed E-state index contributed by atoms with van der Waals surface area (Å²) in [4.78, 5) is 0.525. The molecule has 3 nitrogen and oxygen atoms in total. The molecule has 96 valence electrons. The first-order valence-electron chi connectivity index (χ1n) is 5.23. The fraction of sp³-hybridized carbons (Fsp3) is 0.455. The molecule has 0 aliphatic rings. The average Bonchev–Trinajstić information content (AvgIpc) is 2.31. The predicted molar refractivity (Wildman–Crippen MR) is 72.2 cm³/mol. The summed E-state index contributed by atoms with van der Waals surface area (Å²) in [5.74, 6) is 0.324. The normalized spacial score (nSPS) is 14.6. The SMILES string of the molecule is CCOC(CN)CS(=O)c1cc(Cl)ccc1Cl. The van der Waals surface area contributed by atoms with Crippen LogP contribution in [0, 0.1) is 0 Å². The van der Waals surface area contributed by atoms with Gasteiger partial charge in [0.15, 0.2) is 0 Å². The minimum atomic E-state index is -1.26. The van der Waals surface area contributed by atoms with Gasteiger partial charge in [0.2, 0.25) is 0 Å². The molecule has 1 aromatic rings. The van der Waals surface area contributed by atoms with Crippen LogP contribution in [0.1, 0.15) is 6.92 Å². The fourth-order valence-corrected chi connectivity index (χ4v) is 3.24. The number of hydrogen-bond donors (Lipinski definition) is 1. The molecule has 0 aromatic heterocycles. The third-order valence-electron chi connectivity index (χ3n) is 2.14. The molecule has 0 spiro atoms. The van der Waals surface area contributed by atoms with E-state index in [4.69, 9.17) is 33.7 Å². The monoisotopic (exact) mass is 295 g/mol. The van der Waals surface area contributed by atoms with Gasteiger partial charge < -0.3 is 10.5 Å². The molecule has 1 aromatic carbocycles. The molecule has 0 amide bonds. The molecule has 2 N–H and O–H groups in total. The number of ether oxygens (including phenoxy) is 1. The van der Waals surface area contributed by atoms with Gasteiger partial charge >= 0.3 is 0 Å². The van der Waals surface area contributed by atoms with Gasteiger partial charge in [-0.3, -0.25) is 4.21 Å². The number of benzene rings is 1. The van der Waals surface area contributed by atoms with Crippen molar-refractivity contribution in [3.05, 3.63) is 28.2 Å². The van der Waals surface area contributed by atoms with Crippen molar-refractivity contribution < 1.29 is 8.95 Å². The molecule has 0 fully saturated rings. The second-order valence-electron chi connectivity index (χ2n) is 3.40. The van der Waals surface area contributed by atoms with Crippen LogP contribution in [0.25, 0.3) is 0 Å². The van der Waals surface area contributed by atoms with Crippen molar-refractivity contribution >= 4 is 34.0 Å². The summed E-state index contributed by atoms with van der Waals surface area (Å²) >= 11 is 11.8. The van der Waals surface area contributed by atoms with Crippen LogP contribution in [-0.2, 0) is 15.5 Å². The maximum Gasteiger partial charge on any atom is 0.0815 e. The Balaban J connectivity index is 2.78. The van der Waals surface area contributed by atoms with Gasteiger partial charge in [-0.1, -0.05) is 23.2 Å². The molecule has 1 rings (SSSR count). The van der Waals surface area contributed by atoms with Crippen molar-refractivity contribution in [3.8, 4) is 0 Å². The van der Waals surface area contributed by atoms with Gasteiger partial charge in [0.05, 0.1) is 32.6 Å². The fourth-order valence-electron chi connectivity index (χ4n) is 1.33. The Kier molecular flexibility index (Phi) is 6.44. The first-order valence-corrected chi connectivity index (χ1v) is 7.31. The Hall–Kier alpha value is -0.130. The Morgan fingerprint density at radius 2 is 2.18 bits per heavy atom. The largest absolute Gasteiger partial charge is 0.376 e. The standard InChI is InChI=1S/C11H15Cl2NO2S/c1-2-16-9(6-14)7-17(15)11-5-8(12)3-4-10(11)13/h3-5,9H,2,6-7,14H2,1H3. The van der Waals surface area contributed by atoms with Gasteiger partial charge in [-0.2, -0.15) is 0 Å². The molecule has 2 atom stereocenters. The first-order chi connectivity index (χ1) is 8.08. The van der Waals surface area contributed by atoms with E-state index in [0.29, 0.717) is 33.8 Å². The molecule has 0 heterocycles. The van der Waals surface area contributed by atoms with E-state index in [9.17, 15) is 4.21 Å². The van der Waals surface area contributed by atoms with Crippen molar-refractivity contribution in [2.75, 3.05) is 18.9 Å². The molecule has 0 saturated heterocycles. The second-order valence-corrected chi connectivity index (χ2v) is 5.71. The molecule has 0 aliphatic carbocycles. The van der Waals surface area contributed by atoms with Crippen LogP contribution in [0.5, 0.6) is 0 Å². The zero-order valence-electron chi connectivity index (χ0n) is 9.49. The molecule has 0 bridgehead atoms. The topological polar surface area (TPSA) is 52.3 Å². The maximum atomic E-state index is 12.1. The summed E-state index contributed by atoms with van der Waals surface area (Å²) in [5, 5.41) is 0.957. The van der Waals surface area contributed by atoms with Gasteiger partial charge in [-0.15, -0.1) is 0 Å². The van der Waals surface area contributed by atoms with E-state index in [2.05, 4.69) is 0 Å². The predicted octanol–water partition coefficient (Wildman–Crippen LogP) is 2.46. The highest BCUT2D eigenvalue weighted by molar-refractivity contribution is 7.85. The lowest BCUT2D eigenvalue weighted by atomic mass is 10.4. The van der Waals surface area contributed by atoms with Crippen molar-refractivity contribution in [2.24, 2.45) is 5.73 Å². The van der Waals surface area contributed by atoms with Gasteiger partial charge in [0, 0.05) is 18.2 Å². The Bertz CT molecular complexity index is 401.